The molecule has 0 aliphatic carbocycles. The van der Waals surface area contributed by atoms with Gasteiger partial charge in [-0.05, 0) is 24.0 Å². The zero-order valence-corrected chi connectivity index (χ0v) is 12.9. The lowest BCUT2D eigenvalue weighted by molar-refractivity contribution is 0.111. The first-order chi connectivity index (χ1) is 11.3. The summed E-state index contributed by atoms with van der Waals surface area (Å²) in [5.41, 5.74) is 2.17. The molecule has 2 amide bonds. The minimum absolute atomic E-state index is 0.153. The van der Waals surface area contributed by atoms with Gasteiger partial charge < -0.3 is 15.4 Å². The molecule has 0 saturated carbocycles. The first-order valence-electron chi connectivity index (χ1n) is 7.84. The van der Waals surface area contributed by atoms with Crippen molar-refractivity contribution in [2.45, 2.75) is 32.0 Å². The number of carbonyl (C=O) groups is 1. The number of nitrogens with zero attached hydrogens (tertiary/aromatic N) is 3. The summed E-state index contributed by atoms with van der Waals surface area (Å²) >= 11 is 0. The number of amides is 2. The molecule has 3 rings (SSSR count). The van der Waals surface area contributed by atoms with Gasteiger partial charge in [-0.15, -0.1) is 0 Å². The SMILES string of the molecule is O=C(NCc1ccccc1Cn1cncn1)NC[C@H]1CCCO1. The number of aromatic nitrogens is 3. The van der Waals surface area contributed by atoms with Gasteiger partial charge in [-0.1, -0.05) is 24.3 Å². The first kappa shape index (κ1) is 15.5. The largest absolute Gasteiger partial charge is 0.376 e. The van der Waals surface area contributed by atoms with Gasteiger partial charge in [0.15, 0.2) is 0 Å². The Balaban J connectivity index is 1.50. The van der Waals surface area contributed by atoms with E-state index in [1.807, 2.05) is 24.3 Å². The minimum atomic E-state index is -0.170. The molecule has 23 heavy (non-hydrogen) atoms. The van der Waals surface area contributed by atoms with Gasteiger partial charge >= 0.3 is 6.03 Å². The van der Waals surface area contributed by atoms with E-state index in [0.717, 1.165) is 30.6 Å². The van der Waals surface area contributed by atoms with Crippen LogP contribution in [-0.2, 0) is 17.8 Å². The summed E-state index contributed by atoms with van der Waals surface area (Å²) in [4.78, 5) is 15.8. The van der Waals surface area contributed by atoms with E-state index in [0.29, 0.717) is 19.6 Å². The molecule has 2 heterocycles. The molecule has 0 radical (unpaired) electrons. The zero-order chi connectivity index (χ0) is 15.9. The molecular weight excluding hydrogens is 294 g/mol. The molecule has 1 saturated heterocycles. The Bertz CT molecular complexity index is 623. The number of carbonyl (C=O) groups excluding carboxylic acids is 1. The topological polar surface area (TPSA) is 81.1 Å². The van der Waals surface area contributed by atoms with E-state index in [9.17, 15) is 4.79 Å². The van der Waals surface area contributed by atoms with Crippen molar-refractivity contribution in [3.8, 4) is 0 Å². The Morgan fingerprint density at radius 3 is 2.91 bits per heavy atom. The Kier molecular flexibility index (Phi) is 5.21. The lowest BCUT2D eigenvalue weighted by Crippen LogP contribution is -2.39. The minimum Gasteiger partial charge on any atom is -0.376 e. The van der Waals surface area contributed by atoms with E-state index < -0.39 is 0 Å². The van der Waals surface area contributed by atoms with Crippen molar-refractivity contribution in [1.29, 1.82) is 0 Å². The predicted octanol–water partition coefficient (Wildman–Crippen LogP) is 1.30. The van der Waals surface area contributed by atoms with E-state index in [2.05, 4.69) is 20.7 Å². The van der Waals surface area contributed by atoms with Gasteiger partial charge in [0, 0.05) is 19.7 Å². The summed E-state index contributed by atoms with van der Waals surface area (Å²) in [6.07, 6.45) is 5.43. The fourth-order valence-electron chi connectivity index (χ4n) is 2.62. The second kappa shape index (κ2) is 7.73. The van der Waals surface area contributed by atoms with Crippen molar-refractivity contribution in [2.24, 2.45) is 0 Å². The number of nitrogens with one attached hydrogen (secondary N) is 2. The molecule has 0 bridgehead atoms. The Hall–Kier alpha value is -2.41. The van der Waals surface area contributed by atoms with Crippen LogP contribution in [-0.4, -0.2) is 40.1 Å². The fraction of sp³-hybridized carbons (Fsp3) is 0.438. The average molecular weight is 315 g/mol. The Labute approximate surface area is 135 Å². The molecular formula is C16H21N5O2. The predicted molar refractivity (Wildman–Crippen MR) is 84.8 cm³/mol. The van der Waals surface area contributed by atoms with Gasteiger partial charge in [0.1, 0.15) is 12.7 Å². The monoisotopic (exact) mass is 315 g/mol. The van der Waals surface area contributed by atoms with Crippen molar-refractivity contribution >= 4 is 6.03 Å². The summed E-state index contributed by atoms with van der Waals surface area (Å²) in [6, 6.07) is 7.81. The van der Waals surface area contributed by atoms with Crippen LogP contribution in [0, 0.1) is 0 Å². The van der Waals surface area contributed by atoms with Crippen LogP contribution in [0.4, 0.5) is 4.79 Å². The van der Waals surface area contributed by atoms with Crippen LogP contribution in [0.2, 0.25) is 0 Å². The number of rotatable bonds is 6. The summed E-state index contributed by atoms with van der Waals surface area (Å²) in [6.45, 7) is 2.47. The van der Waals surface area contributed by atoms with Gasteiger partial charge in [0.05, 0.1) is 12.6 Å². The standard InChI is InChI=1S/C16H21N5O2/c22-16(19-9-15-6-3-7-23-15)18-8-13-4-1-2-5-14(13)10-21-12-17-11-20-21/h1-2,4-5,11-12,15H,3,6-10H2,(H2,18,19,22)/t15-/m1/s1. The molecule has 2 N–H and O–H groups in total. The smallest absolute Gasteiger partial charge is 0.315 e. The molecule has 0 spiro atoms. The van der Waals surface area contributed by atoms with E-state index in [1.54, 1.807) is 11.0 Å². The highest BCUT2D eigenvalue weighted by Crippen LogP contribution is 2.11. The maximum Gasteiger partial charge on any atom is 0.315 e. The van der Waals surface area contributed by atoms with Crippen LogP contribution in [0.15, 0.2) is 36.9 Å². The zero-order valence-electron chi connectivity index (χ0n) is 12.9. The molecule has 2 aromatic rings. The number of hydrogen-bond donors (Lipinski definition) is 2. The maximum absolute atomic E-state index is 11.9. The van der Waals surface area contributed by atoms with Crippen molar-refractivity contribution in [3.05, 3.63) is 48.0 Å². The van der Waals surface area contributed by atoms with E-state index in [4.69, 9.17) is 4.74 Å². The second-order valence-corrected chi connectivity index (χ2v) is 5.56. The maximum atomic E-state index is 11.9. The first-order valence-corrected chi connectivity index (χ1v) is 7.84. The molecule has 1 fully saturated rings. The molecule has 7 heteroatoms. The van der Waals surface area contributed by atoms with Crippen molar-refractivity contribution in [2.75, 3.05) is 13.2 Å². The number of ether oxygens (including phenoxy) is 1. The Morgan fingerprint density at radius 1 is 1.30 bits per heavy atom. The van der Waals surface area contributed by atoms with Gasteiger partial charge in [-0.2, -0.15) is 5.10 Å². The summed E-state index contributed by atoms with van der Waals surface area (Å²) in [5, 5.41) is 9.86. The average Bonchev–Trinajstić information content (AvgIpc) is 3.25. The van der Waals surface area contributed by atoms with Crippen LogP contribution >= 0.6 is 0 Å². The van der Waals surface area contributed by atoms with Crippen LogP contribution in [0.3, 0.4) is 0 Å². The molecule has 1 aliphatic rings. The van der Waals surface area contributed by atoms with Gasteiger partial charge in [0.25, 0.3) is 0 Å². The Morgan fingerprint density at radius 2 is 2.17 bits per heavy atom. The van der Waals surface area contributed by atoms with Crippen LogP contribution in [0.1, 0.15) is 24.0 Å². The number of urea groups is 1. The molecule has 122 valence electrons. The van der Waals surface area contributed by atoms with Crippen molar-refractivity contribution in [1.82, 2.24) is 25.4 Å². The molecule has 1 atom stereocenters. The quantitative estimate of drug-likeness (QED) is 0.842. The van der Waals surface area contributed by atoms with Gasteiger partial charge in [-0.3, -0.25) is 0 Å². The highest BCUT2D eigenvalue weighted by molar-refractivity contribution is 5.73. The normalized spacial score (nSPS) is 17.1. The van der Waals surface area contributed by atoms with Crippen LogP contribution in [0.5, 0.6) is 0 Å². The van der Waals surface area contributed by atoms with Gasteiger partial charge in [0.2, 0.25) is 0 Å². The lowest BCUT2D eigenvalue weighted by Gasteiger charge is -2.13. The third-order valence-corrected chi connectivity index (χ3v) is 3.87. The fourth-order valence-corrected chi connectivity index (χ4v) is 2.62. The van der Waals surface area contributed by atoms with E-state index in [-0.39, 0.29) is 12.1 Å². The van der Waals surface area contributed by atoms with Crippen molar-refractivity contribution in [3.63, 3.8) is 0 Å². The highest BCUT2D eigenvalue weighted by atomic mass is 16.5. The van der Waals surface area contributed by atoms with E-state index >= 15 is 0 Å². The second-order valence-electron chi connectivity index (χ2n) is 5.56. The summed E-state index contributed by atoms with van der Waals surface area (Å²) in [7, 11) is 0. The molecule has 7 nitrogen and oxygen atoms in total. The molecule has 1 aromatic carbocycles. The van der Waals surface area contributed by atoms with Crippen molar-refractivity contribution < 1.29 is 9.53 Å². The number of benzene rings is 1. The summed E-state index contributed by atoms with van der Waals surface area (Å²) in [5.74, 6) is 0. The van der Waals surface area contributed by atoms with E-state index in [1.165, 1.54) is 6.33 Å². The van der Waals surface area contributed by atoms with Gasteiger partial charge in [-0.25, -0.2) is 14.5 Å². The molecule has 1 aromatic heterocycles. The lowest BCUT2D eigenvalue weighted by atomic mass is 10.1. The molecule has 1 aliphatic heterocycles. The highest BCUT2D eigenvalue weighted by Gasteiger charge is 2.16. The third-order valence-electron chi connectivity index (χ3n) is 3.87. The van der Waals surface area contributed by atoms with Crippen LogP contribution < -0.4 is 10.6 Å². The molecule has 0 unspecified atom stereocenters. The summed E-state index contributed by atoms with van der Waals surface area (Å²) < 4.78 is 7.25. The third kappa shape index (κ3) is 4.53. The number of hydrogen-bond acceptors (Lipinski definition) is 4. The van der Waals surface area contributed by atoms with Crippen LogP contribution in [0.25, 0.3) is 0 Å².